The number of carbonyl (C=O) groups excluding carboxylic acids is 1. The molecule has 1 aliphatic rings. The number of nitrogens with zero attached hydrogens (tertiary/aromatic N) is 3. The SMILES string of the molecule is O=C(c1ccc2nccnc2c1)N1CCC(S(=O)(=O)c2ccccc2)CC1. The molecule has 0 unspecified atom stereocenters. The minimum atomic E-state index is -3.36. The van der Waals surface area contributed by atoms with Gasteiger partial charge in [-0.05, 0) is 43.2 Å². The summed E-state index contributed by atoms with van der Waals surface area (Å²) in [6.45, 7) is 0.849. The molecule has 3 aromatic rings. The van der Waals surface area contributed by atoms with Crippen LogP contribution in [0.4, 0.5) is 0 Å². The molecular formula is C20H19N3O3S. The Morgan fingerprint density at radius 2 is 1.59 bits per heavy atom. The minimum Gasteiger partial charge on any atom is -0.339 e. The predicted octanol–water partition coefficient (Wildman–Crippen LogP) is 2.71. The van der Waals surface area contributed by atoms with Crippen molar-refractivity contribution < 1.29 is 13.2 Å². The van der Waals surface area contributed by atoms with Gasteiger partial charge in [0, 0.05) is 31.0 Å². The van der Waals surface area contributed by atoms with Crippen LogP contribution in [0.25, 0.3) is 11.0 Å². The van der Waals surface area contributed by atoms with Crippen LogP contribution in [0.2, 0.25) is 0 Å². The van der Waals surface area contributed by atoms with Crippen LogP contribution in [-0.2, 0) is 9.84 Å². The second-order valence-corrected chi connectivity index (χ2v) is 8.84. The van der Waals surface area contributed by atoms with E-state index in [0.717, 1.165) is 5.52 Å². The van der Waals surface area contributed by atoms with Gasteiger partial charge in [0.2, 0.25) is 0 Å². The Hall–Kier alpha value is -2.80. The van der Waals surface area contributed by atoms with E-state index in [4.69, 9.17) is 0 Å². The number of aromatic nitrogens is 2. The Morgan fingerprint density at radius 3 is 2.30 bits per heavy atom. The summed E-state index contributed by atoms with van der Waals surface area (Å²) >= 11 is 0. The molecule has 1 saturated heterocycles. The maximum atomic E-state index is 12.8. The van der Waals surface area contributed by atoms with Crippen LogP contribution in [0.15, 0.2) is 65.8 Å². The number of piperidine rings is 1. The molecule has 1 fully saturated rings. The van der Waals surface area contributed by atoms with Crippen molar-refractivity contribution in [3.05, 3.63) is 66.5 Å². The van der Waals surface area contributed by atoms with Gasteiger partial charge in [0.25, 0.3) is 5.91 Å². The molecule has 1 aliphatic heterocycles. The molecule has 0 spiro atoms. The number of sulfone groups is 1. The van der Waals surface area contributed by atoms with Crippen LogP contribution in [0.5, 0.6) is 0 Å². The zero-order valence-electron chi connectivity index (χ0n) is 14.7. The molecular weight excluding hydrogens is 362 g/mol. The van der Waals surface area contributed by atoms with Gasteiger partial charge >= 0.3 is 0 Å². The second-order valence-electron chi connectivity index (χ2n) is 6.61. The maximum absolute atomic E-state index is 12.8. The van der Waals surface area contributed by atoms with Gasteiger partial charge in [-0.1, -0.05) is 18.2 Å². The quantitative estimate of drug-likeness (QED) is 0.697. The van der Waals surface area contributed by atoms with Crippen molar-refractivity contribution in [2.24, 2.45) is 0 Å². The molecule has 2 heterocycles. The number of benzene rings is 2. The summed E-state index contributed by atoms with van der Waals surface area (Å²) in [6.07, 6.45) is 4.09. The monoisotopic (exact) mass is 381 g/mol. The third kappa shape index (κ3) is 3.42. The number of hydrogen-bond donors (Lipinski definition) is 0. The summed E-state index contributed by atoms with van der Waals surface area (Å²) in [6, 6.07) is 13.8. The number of hydrogen-bond acceptors (Lipinski definition) is 5. The van der Waals surface area contributed by atoms with Crippen molar-refractivity contribution in [1.82, 2.24) is 14.9 Å². The molecule has 7 heteroatoms. The molecule has 0 aliphatic carbocycles. The number of fused-ring (bicyclic) bond motifs is 1. The third-order valence-electron chi connectivity index (χ3n) is 4.96. The van der Waals surface area contributed by atoms with Gasteiger partial charge in [-0.3, -0.25) is 14.8 Å². The molecule has 6 nitrogen and oxygen atoms in total. The molecule has 0 radical (unpaired) electrons. The van der Waals surface area contributed by atoms with E-state index >= 15 is 0 Å². The summed E-state index contributed by atoms with van der Waals surface area (Å²) in [4.78, 5) is 23.3. The fourth-order valence-electron chi connectivity index (χ4n) is 3.45. The normalized spacial score (nSPS) is 15.8. The average Bonchev–Trinajstić information content (AvgIpc) is 2.73. The summed E-state index contributed by atoms with van der Waals surface area (Å²) in [5.74, 6) is -0.0990. The first-order valence-electron chi connectivity index (χ1n) is 8.85. The van der Waals surface area contributed by atoms with E-state index in [2.05, 4.69) is 9.97 Å². The molecule has 1 aromatic heterocycles. The largest absolute Gasteiger partial charge is 0.339 e. The van der Waals surface area contributed by atoms with E-state index in [1.807, 2.05) is 0 Å². The van der Waals surface area contributed by atoms with E-state index in [-0.39, 0.29) is 5.91 Å². The van der Waals surface area contributed by atoms with E-state index in [1.54, 1.807) is 65.8 Å². The molecule has 0 saturated carbocycles. The highest BCUT2D eigenvalue weighted by Gasteiger charge is 2.32. The van der Waals surface area contributed by atoms with Crippen LogP contribution in [0, 0.1) is 0 Å². The van der Waals surface area contributed by atoms with Gasteiger partial charge in [0.05, 0.1) is 21.2 Å². The zero-order valence-corrected chi connectivity index (χ0v) is 15.5. The van der Waals surface area contributed by atoms with Crippen molar-refractivity contribution in [3.8, 4) is 0 Å². The van der Waals surface area contributed by atoms with Crippen LogP contribution in [0.1, 0.15) is 23.2 Å². The first-order valence-corrected chi connectivity index (χ1v) is 10.4. The zero-order chi connectivity index (χ0) is 18.9. The fourth-order valence-corrected chi connectivity index (χ4v) is 5.20. The van der Waals surface area contributed by atoms with Crippen molar-refractivity contribution in [2.45, 2.75) is 23.0 Å². The third-order valence-corrected chi connectivity index (χ3v) is 7.23. The van der Waals surface area contributed by atoms with Gasteiger partial charge in [-0.2, -0.15) is 0 Å². The lowest BCUT2D eigenvalue weighted by Crippen LogP contribution is -2.42. The molecule has 4 rings (SSSR count). The standard InChI is InChI=1S/C20H19N3O3S/c24-20(15-6-7-18-19(14-15)22-11-10-21-18)23-12-8-17(9-13-23)27(25,26)16-4-2-1-3-5-16/h1-7,10-11,14,17H,8-9,12-13H2. The molecule has 0 atom stereocenters. The first kappa shape index (κ1) is 17.6. The number of carbonyl (C=O) groups is 1. The highest BCUT2D eigenvalue weighted by atomic mass is 32.2. The lowest BCUT2D eigenvalue weighted by Gasteiger charge is -2.31. The van der Waals surface area contributed by atoms with Crippen LogP contribution in [0.3, 0.4) is 0 Å². The lowest BCUT2D eigenvalue weighted by molar-refractivity contribution is 0.0726. The van der Waals surface area contributed by atoms with E-state index in [0.29, 0.717) is 41.9 Å². The highest BCUT2D eigenvalue weighted by molar-refractivity contribution is 7.92. The maximum Gasteiger partial charge on any atom is 0.253 e. The Morgan fingerprint density at radius 1 is 0.926 bits per heavy atom. The topological polar surface area (TPSA) is 80.2 Å². The molecule has 1 amide bonds. The Balaban J connectivity index is 1.47. The predicted molar refractivity (Wildman–Crippen MR) is 102 cm³/mol. The van der Waals surface area contributed by atoms with E-state index < -0.39 is 15.1 Å². The molecule has 0 N–H and O–H groups in total. The summed E-state index contributed by atoms with van der Waals surface area (Å²) < 4.78 is 25.5. The van der Waals surface area contributed by atoms with E-state index in [9.17, 15) is 13.2 Å². The van der Waals surface area contributed by atoms with Crippen LogP contribution >= 0.6 is 0 Å². The summed E-state index contributed by atoms with van der Waals surface area (Å²) in [5, 5.41) is -0.452. The molecule has 0 bridgehead atoms. The average molecular weight is 381 g/mol. The molecule has 2 aromatic carbocycles. The van der Waals surface area contributed by atoms with Crippen molar-refractivity contribution in [3.63, 3.8) is 0 Å². The molecule has 27 heavy (non-hydrogen) atoms. The molecule has 138 valence electrons. The summed E-state index contributed by atoms with van der Waals surface area (Å²) in [7, 11) is -3.36. The Bertz CT molecular complexity index is 1080. The summed E-state index contributed by atoms with van der Waals surface area (Å²) in [5.41, 5.74) is 1.96. The van der Waals surface area contributed by atoms with Gasteiger partial charge in [-0.25, -0.2) is 8.42 Å². The smallest absolute Gasteiger partial charge is 0.253 e. The van der Waals surface area contributed by atoms with Crippen LogP contribution < -0.4 is 0 Å². The number of amides is 1. The van der Waals surface area contributed by atoms with Crippen molar-refractivity contribution in [1.29, 1.82) is 0 Å². The minimum absolute atomic E-state index is 0.0990. The second kappa shape index (κ2) is 7.08. The highest BCUT2D eigenvalue weighted by Crippen LogP contribution is 2.25. The van der Waals surface area contributed by atoms with Crippen molar-refractivity contribution >= 4 is 26.8 Å². The Kier molecular flexibility index (Phi) is 4.61. The van der Waals surface area contributed by atoms with E-state index in [1.165, 1.54) is 0 Å². The first-order chi connectivity index (χ1) is 13.1. The van der Waals surface area contributed by atoms with Gasteiger partial charge in [0.15, 0.2) is 9.84 Å². The van der Waals surface area contributed by atoms with Crippen LogP contribution in [-0.4, -0.2) is 47.5 Å². The van der Waals surface area contributed by atoms with Gasteiger partial charge in [-0.15, -0.1) is 0 Å². The fraction of sp³-hybridized carbons (Fsp3) is 0.250. The van der Waals surface area contributed by atoms with Gasteiger partial charge in [0.1, 0.15) is 0 Å². The van der Waals surface area contributed by atoms with Crippen molar-refractivity contribution in [2.75, 3.05) is 13.1 Å². The Labute approximate surface area is 157 Å². The number of likely N-dealkylation sites (tertiary alicyclic amines) is 1. The van der Waals surface area contributed by atoms with Gasteiger partial charge < -0.3 is 4.90 Å². The number of rotatable bonds is 3. The lowest BCUT2D eigenvalue weighted by atomic mass is 10.1.